The molecule has 0 heterocycles. The van der Waals surface area contributed by atoms with Gasteiger partial charge in [-0.25, -0.2) is 4.79 Å². The lowest BCUT2D eigenvalue weighted by molar-refractivity contribution is -0.137. The Labute approximate surface area is 196 Å². The first-order valence-corrected chi connectivity index (χ1v) is 10.7. The summed E-state index contributed by atoms with van der Waals surface area (Å²) in [5.41, 5.74) is 2.93. The Balaban J connectivity index is 1.61. The van der Waals surface area contributed by atoms with Crippen LogP contribution in [0.1, 0.15) is 34.3 Å². The fourth-order valence-electron chi connectivity index (χ4n) is 3.12. The van der Waals surface area contributed by atoms with Gasteiger partial charge in [0.15, 0.2) is 0 Å². The minimum atomic E-state index is -0.839. The normalized spacial score (nSPS) is 10.3. The largest absolute Gasteiger partial charge is 0.481 e. The van der Waals surface area contributed by atoms with Gasteiger partial charge in [-0.05, 0) is 54.3 Å². The first-order valence-electron chi connectivity index (χ1n) is 10.3. The highest BCUT2D eigenvalue weighted by atomic mass is 35.5. The molecule has 3 rings (SSSR count). The van der Waals surface area contributed by atoms with Crippen LogP contribution < -0.4 is 10.6 Å². The summed E-state index contributed by atoms with van der Waals surface area (Å²) in [4.78, 5) is 35.5. The first-order chi connectivity index (χ1) is 15.9. The lowest BCUT2D eigenvalue weighted by Gasteiger charge is -2.11. The molecule has 2 amide bonds. The number of benzene rings is 3. The summed E-state index contributed by atoms with van der Waals surface area (Å²) in [6.07, 6.45) is 0.521. The monoisotopic (exact) mass is 466 g/mol. The van der Waals surface area contributed by atoms with E-state index in [9.17, 15) is 14.4 Å². The van der Waals surface area contributed by atoms with Gasteiger partial charge in [0.1, 0.15) is 6.61 Å². The number of amides is 2. The van der Waals surface area contributed by atoms with Gasteiger partial charge in [0, 0.05) is 28.4 Å². The molecule has 3 aromatic rings. The lowest BCUT2D eigenvalue weighted by Crippen LogP contribution is -2.15. The highest BCUT2D eigenvalue weighted by molar-refractivity contribution is 6.31. The maximum atomic E-state index is 12.7. The minimum Gasteiger partial charge on any atom is -0.481 e. The number of carboxylic acid groups (broad SMARTS) is 1. The number of aliphatic carboxylic acids is 1. The van der Waals surface area contributed by atoms with Crippen LogP contribution in [0.25, 0.3) is 0 Å². The average molecular weight is 467 g/mol. The molecule has 0 atom stereocenters. The van der Waals surface area contributed by atoms with Crippen molar-refractivity contribution in [3.63, 3.8) is 0 Å². The number of ether oxygens (including phenoxy) is 1. The van der Waals surface area contributed by atoms with E-state index in [0.29, 0.717) is 24.2 Å². The van der Waals surface area contributed by atoms with Gasteiger partial charge < -0.3 is 15.2 Å². The van der Waals surface area contributed by atoms with Gasteiger partial charge in [-0.1, -0.05) is 54.1 Å². The summed E-state index contributed by atoms with van der Waals surface area (Å²) >= 11 is 6.14. The second-order valence-corrected chi connectivity index (χ2v) is 7.75. The number of aryl methyl sites for hydroxylation is 1. The third-order valence-electron chi connectivity index (χ3n) is 4.66. The van der Waals surface area contributed by atoms with Crippen molar-refractivity contribution in [2.24, 2.45) is 0 Å². The van der Waals surface area contributed by atoms with Crippen molar-refractivity contribution < 1.29 is 24.2 Å². The zero-order valence-corrected chi connectivity index (χ0v) is 18.5. The Hall–Kier alpha value is -3.84. The second kappa shape index (κ2) is 11.7. The van der Waals surface area contributed by atoms with Gasteiger partial charge in [0.05, 0.1) is 0 Å². The number of rotatable bonds is 9. The summed E-state index contributed by atoms with van der Waals surface area (Å²) in [6, 6.07) is 21.0. The molecule has 33 heavy (non-hydrogen) atoms. The topological polar surface area (TPSA) is 105 Å². The number of carbonyl (C=O) groups is 3. The van der Waals surface area contributed by atoms with Gasteiger partial charge in [0.25, 0.3) is 5.91 Å². The molecule has 0 saturated carbocycles. The summed E-state index contributed by atoms with van der Waals surface area (Å²) in [7, 11) is 0. The van der Waals surface area contributed by atoms with E-state index >= 15 is 0 Å². The maximum Gasteiger partial charge on any atom is 0.411 e. The van der Waals surface area contributed by atoms with Crippen molar-refractivity contribution in [2.45, 2.75) is 25.9 Å². The number of halogens is 1. The highest BCUT2D eigenvalue weighted by Gasteiger charge is 2.12. The molecule has 0 saturated heterocycles. The van der Waals surface area contributed by atoms with Crippen LogP contribution in [0, 0.1) is 0 Å². The summed E-state index contributed by atoms with van der Waals surface area (Å²) in [5, 5.41) is 14.4. The lowest BCUT2D eigenvalue weighted by atomic mass is 10.1. The predicted octanol–water partition coefficient (Wildman–Crippen LogP) is 5.75. The van der Waals surface area contributed by atoms with Crippen molar-refractivity contribution >= 4 is 40.9 Å². The van der Waals surface area contributed by atoms with Crippen LogP contribution >= 0.6 is 11.6 Å². The van der Waals surface area contributed by atoms with Crippen LogP contribution in [0.3, 0.4) is 0 Å². The Morgan fingerprint density at radius 3 is 2.36 bits per heavy atom. The molecule has 0 radical (unpaired) electrons. The van der Waals surface area contributed by atoms with Crippen LogP contribution in [0.15, 0.2) is 72.8 Å². The van der Waals surface area contributed by atoms with E-state index in [0.717, 1.165) is 11.1 Å². The Bertz CT molecular complexity index is 1130. The zero-order chi connectivity index (χ0) is 23.6. The van der Waals surface area contributed by atoms with Crippen molar-refractivity contribution in [2.75, 3.05) is 10.6 Å². The van der Waals surface area contributed by atoms with Crippen LogP contribution in [-0.4, -0.2) is 23.1 Å². The molecule has 0 aromatic heterocycles. The molecular formula is C25H23ClN2O5. The molecule has 0 aliphatic heterocycles. The summed E-state index contributed by atoms with van der Waals surface area (Å²) in [6.45, 7) is 0.114. The fourth-order valence-corrected chi connectivity index (χ4v) is 3.36. The first kappa shape index (κ1) is 23.8. The molecule has 0 aliphatic rings. The van der Waals surface area contributed by atoms with Gasteiger partial charge in [0.2, 0.25) is 0 Å². The number of carboxylic acids is 1. The molecule has 0 bridgehead atoms. The Morgan fingerprint density at radius 2 is 1.61 bits per heavy atom. The van der Waals surface area contributed by atoms with E-state index < -0.39 is 18.0 Å². The molecule has 8 heteroatoms. The molecule has 0 aliphatic carbocycles. The molecule has 0 spiro atoms. The maximum absolute atomic E-state index is 12.7. The summed E-state index contributed by atoms with van der Waals surface area (Å²) in [5.74, 6) is -1.24. The van der Waals surface area contributed by atoms with E-state index in [-0.39, 0.29) is 23.6 Å². The van der Waals surface area contributed by atoms with Crippen LogP contribution in [-0.2, 0) is 22.6 Å². The fraction of sp³-hybridized carbons (Fsp3) is 0.160. The predicted molar refractivity (Wildman–Crippen MR) is 127 cm³/mol. The zero-order valence-electron chi connectivity index (χ0n) is 17.7. The van der Waals surface area contributed by atoms with E-state index in [1.807, 2.05) is 36.4 Å². The van der Waals surface area contributed by atoms with E-state index in [2.05, 4.69) is 10.6 Å². The molecule has 3 N–H and O–H groups in total. The van der Waals surface area contributed by atoms with E-state index in [4.69, 9.17) is 21.4 Å². The smallest absolute Gasteiger partial charge is 0.411 e. The van der Waals surface area contributed by atoms with Gasteiger partial charge in [-0.15, -0.1) is 0 Å². The second-order valence-electron chi connectivity index (χ2n) is 7.32. The molecular weight excluding hydrogens is 444 g/mol. The highest BCUT2D eigenvalue weighted by Crippen LogP contribution is 2.21. The summed E-state index contributed by atoms with van der Waals surface area (Å²) < 4.78 is 5.20. The molecule has 7 nitrogen and oxygen atoms in total. The van der Waals surface area contributed by atoms with E-state index in [1.54, 1.807) is 18.2 Å². The van der Waals surface area contributed by atoms with Crippen LogP contribution in [0.5, 0.6) is 0 Å². The van der Waals surface area contributed by atoms with Crippen LogP contribution in [0.2, 0.25) is 5.02 Å². The number of nitrogens with one attached hydrogen (secondary N) is 2. The number of anilines is 2. The van der Waals surface area contributed by atoms with Crippen molar-refractivity contribution in [1.29, 1.82) is 0 Å². The van der Waals surface area contributed by atoms with Gasteiger partial charge in [-0.3, -0.25) is 14.9 Å². The van der Waals surface area contributed by atoms with Crippen molar-refractivity contribution in [3.05, 3.63) is 94.5 Å². The Kier molecular flexibility index (Phi) is 8.43. The van der Waals surface area contributed by atoms with Crippen molar-refractivity contribution in [3.8, 4) is 0 Å². The average Bonchev–Trinajstić information content (AvgIpc) is 2.78. The SMILES string of the molecule is O=C(O)CCCc1cccc(NC(=O)c2cc(Cl)cc(NC(=O)OCc3ccccc3)c2)c1. The minimum absolute atomic E-state index is 0.0860. The van der Waals surface area contributed by atoms with Crippen molar-refractivity contribution in [1.82, 2.24) is 0 Å². The standard InChI is InChI=1S/C25H23ClN2O5/c26-20-13-19(14-22(15-20)28-25(32)33-16-18-6-2-1-3-7-18)24(31)27-21-10-4-8-17(12-21)9-5-11-23(29)30/h1-4,6-8,10,12-15H,5,9,11,16H2,(H,27,31)(H,28,32)(H,29,30). The van der Waals surface area contributed by atoms with E-state index in [1.165, 1.54) is 18.2 Å². The third kappa shape index (κ3) is 7.97. The number of hydrogen-bond acceptors (Lipinski definition) is 4. The molecule has 0 unspecified atom stereocenters. The third-order valence-corrected chi connectivity index (χ3v) is 4.88. The molecule has 0 fully saturated rings. The number of hydrogen-bond donors (Lipinski definition) is 3. The van der Waals surface area contributed by atoms with Crippen LogP contribution in [0.4, 0.5) is 16.2 Å². The quantitative estimate of drug-likeness (QED) is 0.372. The van der Waals surface area contributed by atoms with Gasteiger partial charge >= 0.3 is 12.1 Å². The number of carbonyl (C=O) groups excluding carboxylic acids is 2. The molecule has 170 valence electrons. The molecule has 3 aromatic carbocycles. The Morgan fingerprint density at radius 1 is 0.848 bits per heavy atom. The van der Waals surface area contributed by atoms with Gasteiger partial charge in [-0.2, -0.15) is 0 Å².